The molecule has 138 valence electrons. The van der Waals surface area contributed by atoms with Gasteiger partial charge in [-0.1, -0.05) is 42.5 Å². The van der Waals surface area contributed by atoms with Crippen LogP contribution in [0.15, 0.2) is 42.5 Å². The Morgan fingerprint density at radius 3 is 2.35 bits per heavy atom. The summed E-state index contributed by atoms with van der Waals surface area (Å²) in [4.78, 5) is 35.7. The second-order valence-electron chi connectivity index (χ2n) is 7.18. The van der Waals surface area contributed by atoms with E-state index in [0.717, 1.165) is 16.3 Å². The number of urea groups is 1. The molecule has 6 heteroatoms. The van der Waals surface area contributed by atoms with Gasteiger partial charge in [-0.25, -0.2) is 4.79 Å². The van der Waals surface area contributed by atoms with Crippen LogP contribution in [0.1, 0.15) is 33.3 Å². The Bertz CT molecular complexity index is 824. The van der Waals surface area contributed by atoms with Gasteiger partial charge in [-0.05, 0) is 44.0 Å². The molecule has 0 radical (unpaired) electrons. The highest BCUT2D eigenvalue weighted by molar-refractivity contribution is 5.97. The van der Waals surface area contributed by atoms with E-state index in [4.69, 9.17) is 4.74 Å². The number of hydrogen-bond acceptors (Lipinski definition) is 4. The van der Waals surface area contributed by atoms with Crippen molar-refractivity contribution in [1.82, 2.24) is 10.6 Å². The van der Waals surface area contributed by atoms with Gasteiger partial charge in [0, 0.05) is 5.54 Å². The van der Waals surface area contributed by atoms with Crippen LogP contribution >= 0.6 is 0 Å². The summed E-state index contributed by atoms with van der Waals surface area (Å²) in [6.07, 6.45) is -1.01. The number of carbonyl (C=O) groups is 3. The highest BCUT2D eigenvalue weighted by Crippen LogP contribution is 2.16. The maximum Gasteiger partial charge on any atom is 0.321 e. The third-order valence-electron chi connectivity index (χ3n) is 3.57. The zero-order valence-electron chi connectivity index (χ0n) is 15.5. The van der Waals surface area contributed by atoms with Gasteiger partial charge in [-0.3, -0.25) is 14.9 Å². The van der Waals surface area contributed by atoms with E-state index in [9.17, 15) is 14.4 Å². The van der Waals surface area contributed by atoms with Gasteiger partial charge in [-0.2, -0.15) is 0 Å². The molecule has 0 aromatic heterocycles. The van der Waals surface area contributed by atoms with Crippen LogP contribution in [0.4, 0.5) is 4.79 Å². The number of amides is 3. The molecule has 2 aromatic rings. The predicted molar refractivity (Wildman–Crippen MR) is 99.6 cm³/mol. The van der Waals surface area contributed by atoms with Gasteiger partial charge < -0.3 is 10.1 Å². The zero-order chi connectivity index (χ0) is 19.3. The summed E-state index contributed by atoms with van der Waals surface area (Å²) in [5.41, 5.74) is 0.326. The van der Waals surface area contributed by atoms with Crippen molar-refractivity contribution in [2.45, 2.75) is 45.8 Å². The lowest BCUT2D eigenvalue weighted by atomic mass is 10.1. The fraction of sp³-hybridized carbons (Fsp3) is 0.350. The van der Waals surface area contributed by atoms with Gasteiger partial charge in [-0.15, -0.1) is 0 Å². The normalized spacial score (nSPS) is 12.3. The maximum absolute atomic E-state index is 12.1. The summed E-state index contributed by atoms with van der Waals surface area (Å²) >= 11 is 0. The van der Waals surface area contributed by atoms with Crippen LogP contribution in [0.3, 0.4) is 0 Å². The first-order chi connectivity index (χ1) is 12.1. The van der Waals surface area contributed by atoms with Crippen molar-refractivity contribution in [3.8, 4) is 0 Å². The van der Waals surface area contributed by atoms with Gasteiger partial charge in [0.05, 0.1) is 6.42 Å². The highest BCUT2D eigenvalue weighted by atomic mass is 16.5. The standard InChI is InChI=1S/C20H24N2O4/c1-13(18(24)21-19(25)22-20(2,3)4)26-17(23)12-14-9-10-15-7-5-6-8-16(15)11-14/h5-11,13H,12H2,1-4H3,(H2,21,22,24,25)/t13-/m0/s1. The maximum atomic E-state index is 12.1. The number of imide groups is 1. The average Bonchev–Trinajstić information content (AvgIpc) is 2.52. The lowest BCUT2D eigenvalue weighted by Gasteiger charge is -2.21. The molecule has 0 bridgehead atoms. The summed E-state index contributed by atoms with van der Waals surface area (Å²) in [6, 6.07) is 12.9. The van der Waals surface area contributed by atoms with E-state index in [1.165, 1.54) is 6.92 Å². The Morgan fingerprint density at radius 2 is 1.69 bits per heavy atom. The van der Waals surface area contributed by atoms with Gasteiger partial charge in [0.1, 0.15) is 0 Å². The Balaban J connectivity index is 1.89. The van der Waals surface area contributed by atoms with Crippen LogP contribution in [0.2, 0.25) is 0 Å². The van der Waals surface area contributed by atoms with E-state index in [-0.39, 0.29) is 6.42 Å². The molecule has 3 amide bonds. The lowest BCUT2D eigenvalue weighted by Crippen LogP contribution is -2.50. The van der Waals surface area contributed by atoms with Gasteiger partial charge >= 0.3 is 12.0 Å². The first kappa shape index (κ1) is 19.4. The lowest BCUT2D eigenvalue weighted by molar-refractivity contribution is -0.153. The van der Waals surface area contributed by atoms with Gasteiger partial charge in [0.2, 0.25) is 0 Å². The van der Waals surface area contributed by atoms with E-state index < -0.39 is 29.6 Å². The smallest absolute Gasteiger partial charge is 0.321 e. The van der Waals surface area contributed by atoms with Gasteiger partial charge in [0.25, 0.3) is 5.91 Å². The molecule has 6 nitrogen and oxygen atoms in total. The van der Waals surface area contributed by atoms with Crippen LogP contribution in [0, 0.1) is 0 Å². The topological polar surface area (TPSA) is 84.5 Å². The van der Waals surface area contributed by atoms with Crippen LogP contribution < -0.4 is 10.6 Å². The largest absolute Gasteiger partial charge is 0.452 e. The minimum atomic E-state index is -1.06. The number of carbonyl (C=O) groups excluding carboxylic acids is 3. The molecule has 0 unspecified atom stereocenters. The van der Waals surface area contributed by atoms with Crippen molar-refractivity contribution in [3.05, 3.63) is 48.0 Å². The van der Waals surface area contributed by atoms with Crippen molar-refractivity contribution >= 4 is 28.7 Å². The number of hydrogen-bond donors (Lipinski definition) is 2. The van der Waals surface area contributed by atoms with Crippen LogP contribution in [0.25, 0.3) is 10.8 Å². The van der Waals surface area contributed by atoms with Crippen molar-refractivity contribution in [3.63, 3.8) is 0 Å². The molecule has 1 atom stereocenters. The molecular weight excluding hydrogens is 332 g/mol. The van der Waals surface area contributed by atoms with Gasteiger partial charge in [0.15, 0.2) is 6.10 Å². The number of fused-ring (bicyclic) bond motifs is 1. The Kier molecular flexibility index (Phi) is 5.97. The van der Waals surface area contributed by atoms with Crippen molar-refractivity contribution in [2.75, 3.05) is 0 Å². The molecule has 2 aromatic carbocycles. The summed E-state index contributed by atoms with van der Waals surface area (Å²) in [6.45, 7) is 6.82. The molecule has 0 spiro atoms. The second kappa shape index (κ2) is 7.99. The van der Waals surface area contributed by atoms with E-state index in [1.54, 1.807) is 20.8 Å². The molecule has 2 rings (SSSR count). The number of rotatable bonds is 4. The predicted octanol–water partition coefficient (Wildman–Crippen LogP) is 2.94. The summed E-state index contributed by atoms with van der Waals surface area (Å²) in [7, 11) is 0. The number of nitrogens with one attached hydrogen (secondary N) is 2. The Labute approximate surface area is 152 Å². The monoisotopic (exact) mass is 356 g/mol. The van der Waals surface area contributed by atoms with E-state index in [2.05, 4.69) is 10.6 Å². The van der Waals surface area contributed by atoms with E-state index in [1.807, 2.05) is 42.5 Å². The fourth-order valence-electron chi connectivity index (χ4n) is 2.39. The van der Waals surface area contributed by atoms with Crippen molar-refractivity contribution in [2.24, 2.45) is 0 Å². The van der Waals surface area contributed by atoms with E-state index >= 15 is 0 Å². The first-order valence-corrected chi connectivity index (χ1v) is 8.44. The Hall–Kier alpha value is -2.89. The fourth-order valence-corrected chi connectivity index (χ4v) is 2.39. The van der Waals surface area contributed by atoms with E-state index in [0.29, 0.717) is 0 Å². The molecule has 0 fully saturated rings. The summed E-state index contributed by atoms with van der Waals surface area (Å²) in [5, 5.41) is 6.88. The van der Waals surface area contributed by atoms with Crippen LogP contribution in [0.5, 0.6) is 0 Å². The number of ether oxygens (including phenoxy) is 1. The second-order valence-corrected chi connectivity index (χ2v) is 7.18. The average molecular weight is 356 g/mol. The van der Waals surface area contributed by atoms with Crippen LogP contribution in [-0.2, 0) is 20.7 Å². The minimum absolute atomic E-state index is 0.0522. The SMILES string of the molecule is C[C@H](OC(=O)Cc1ccc2ccccc2c1)C(=O)NC(=O)NC(C)(C)C. The molecule has 0 aliphatic carbocycles. The van der Waals surface area contributed by atoms with Crippen molar-refractivity contribution < 1.29 is 19.1 Å². The minimum Gasteiger partial charge on any atom is -0.452 e. The number of benzene rings is 2. The number of esters is 1. The molecule has 0 aliphatic rings. The molecule has 0 saturated carbocycles. The van der Waals surface area contributed by atoms with Crippen LogP contribution in [-0.4, -0.2) is 29.6 Å². The third kappa shape index (κ3) is 5.88. The molecule has 0 heterocycles. The molecule has 26 heavy (non-hydrogen) atoms. The molecular formula is C20H24N2O4. The summed E-state index contributed by atoms with van der Waals surface area (Å²) in [5.74, 6) is -1.20. The molecule has 0 aliphatic heterocycles. The highest BCUT2D eigenvalue weighted by Gasteiger charge is 2.22. The molecule has 2 N–H and O–H groups in total. The summed E-state index contributed by atoms with van der Waals surface area (Å²) < 4.78 is 5.13. The quantitative estimate of drug-likeness (QED) is 0.825. The third-order valence-corrected chi connectivity index (χ3v) is 3.57. The molecule has 0 saturated heterocycles. The van der Waals surface area contributed by atoms with Crippen molar-refractivity contribution in [1.29, 1.82) is 0 Å². The first-order valence-electron chi connectivity index (χ1n) is 8.44. The zero-order valence-corrected chi connectivity index (χ0v) is 15.5. The Morgan fingerprint density at radius 1 is 1.04 bits per heavy atom.